The van der Waals surface area contributed by atoms with Gasteiger partial charge in [-0.15, -0.1) is 11.3 Å². The third kappa shape index (κ3) is 5.94. The Morgan fingerprint density at radius 3 is 1.17 bits per heavy atom. The van der Waals surface area contributed by atoms with Crippen molar-refractivity contribution in [1.29, 1.82) is 0 Å². The molecule has 0 saturated heterocycles. The van der Waals surface area contributed by atoms with Crippen molar-refractivity contribution in [2.75, 3.05) is 0 Å². The predicted octanol–water partition coefficient (Wildman–Crippen LogP) is 18.3. The van der Waals surface area contributed by atoms with Gasteiger partial charge in [-0.25, -0.2) is 0 Å². The number of thiophene rings is 1. The second-order valence-electron chi connectivity index (χ2n) is 18.5. The fourth-order valence-electron chi connectivity index (χ4n) is 11.4. The first-order valence-corrected chi connectivity index (χ1v) is 24.8. The summed E-state index contributed by atoms with van der Waals surface area (Å²) in [6.07, 6.45) is 0. The zero-order valence-corrected chi connectivity index (χ0v) is 38.7. The van der Waals surface area contributed by atoms with E-state index in [-0.39, 0.29) is 0 Å². The van der Waals surface area contributed by atoms with Gasteiger partial charge < -0.3 is 13.7 Å². The molecule has 0 amide bonds. The van der Waals surface area contributed by atoms with Crippen molar-refractivity contribution in [3.05, 3.63) is 249 Å². The summed E-state index contributed by atoms with van der Waals surface area (Å²) in [5.74, 6) is 0. The van der Waals surface area contributed by atoms with Gasteiger partial charge in [0, 0.05) is 69.6 Å². The lowest BCUT2D eigenvalue weighted by Gasteiger charge is -2.15. The van der Waals surface area contributed by atoms with Crippen molar-refractivity contribution in [1.82, 2.24) is 13.7 Å². The van der Waals surface area contributed by atoms with Crippen molar-refractivity contribution in [2.24, 2.45) is 0 Å². The van der Waals surface area contributed by atoms with Crippen LogP contribution in [0.5, 0.6) is 0 Å². The van der Waals surface area contributed by atoms with E-state index in [2.05, 4.69) is 262 Å². The number of rotatable bonds is 6. The molecular formula is C66H41N3S. The van der Waals surface area contributed by atoms with Crippen LogP contribution in [0.2, 0.25) is 0 Å². The molecule has 0 atom stereocenters. The molecule has 0 radical (unpaired) electrons. The highest BCUT2D eigenvalue weighted by Crippen LogP contribution is 2.42. The highest BCUT2D eigenvalue weighted by molar-refractivity contribution is 7.25. The minimum absolute atomic E-state index is 1.11. The predicted molar refractivity (Wildman–Crippen MR) is 299 cm³/mol. The second-order valence-corrected chi connectivity index (χ2v) is 19.6. The van der Waals surface area contributed by atoms with Gasteiger partial charge in [0.05, 0.1) is 33.1 Å². The average molecular weight is 908 g/mol. The molecule has 70 heavy (non-hydrogen) atoms. The van der Waals surface area contributed by atoms with E-state index in [0.29, 0.717) is 0 Å². The molecule has 4 heterocycles. The van der Waals surface area contributed by atoms with Crippen molar-refractivity contribution in [3.63, 3.8) is 0 Å². The highest BCUT2D eigenvalue weighted by atomic mass is 32.1. The van der Waals surface area contributed by atoms with Gasteiger partial charge in [-0.3, -0.25) is 0 Å². The highest BCUT2D eigenvalue weighted by Gasteiger charge is 2.20. The molecule has 4 aromatic heterocycles. The normalized spacial score (nSPS) is 12.0. The maximum atomic E-state index is 2.49. The molecule has 11 aromatic carbocycles. The van der Waals surface area contributed by atoms with E-state index in [1.807, 2.05) is 11.3 Å². The van der Waals surface area contributed by atoms with Gasteiger partial charge in [-0.05, 0) is 137 Å². The van der Waals surface area contributed by atoms with Crippen LogP contribution in [0.1, 0.15) is 0 Å². The molecule has 0 aliphatic heterocycles. The lowest BCUT2D eigenvalue weighted by Crippen LogP contribution is -1.98. The van der Waals surface area contributed by atoms with Gasteiger partial charge in [0.1, 0.15) is 0 Å². The minimum Gasteiger partial charge on any atom is -0.309 e. The van der Waals surface area contributed by atoms with Gasteiger partial charge in [-0.1, -0.05) is 146 Å². The fraction of sp³-hybridized carbons (Fsp3) is 0. The van der Waals surface area contributed by atoms with Crippen molar-refractivity contribution < 1.29 is 0 Å². The van der Waals surface area contributed by atoms with Crippen LogP contribution in [0.3, 0.4) is 0 Å². The number of aromatic nitrogens is 3. The maximum Gasteiger partial charge on any atom is 0.0542 e. The Labute approximate surface area is 407 Å². The number of para-hydroxylation sites is 4. The molecule has 0 N–H and O–H groups in total. The second kappa shape index (κ2) is 15.3. The Morgan fingerprint density at radius 1 is 0.200 bits per heavy atom. The quantitative estimate of drug-likeness (QED) is 0.158. The topological polar surface area (TPSA) is 14.8 Å². The summed E-state index contributed by atoms with van der Waals surface area (Å²) in [4.78, 5) is 0. The molecule has 15 rings (SSSR count). The average Bonchev–Trinajstić information content (AvgIpc) is 4.17. The third-order valence-corrected chi connectivity index (χ3v) is 15.7. The van der Waals surface area contributed by atoms with E-state index in [9.17, 15) is 0 Å². The number of nitrogens with zero attached hydrogens (tertiary/aromatic N) is 3. The Morgan fingerprint density at radius 2 is 0.600 bits per heavy atom. The number of fused-ring (bicyclic) bond motifs is 12. The smallest absolute Gasteiger partial charge is 0.0542 e. The zero-order valence-electron chi connectivity index (χ0n) is 37.9. The summed E-state index contributed by atoms with van der Waals surface area (Å²) >= 11 is 1.86. The molecule has 4 heteroatoms. The van der Waals surface area contributed by atoms with Crippen LogP contribution >= 0.6 is 11.3 Å². The molecular weight excluding hydrogens is 867 g/mol. The molecule has 0 fully saturated rings. The molecule has 0 spiro atoms. The van der Waals surface area contributed by atoms with Crippen LogP contribution in [0.4, 0.5) is 0 Å². The molecule has 0 aliphatic carbocycles. The molecule has 326 valence electrons. The van der Waals surface area contributed by atoms with Crippen LogP contribution in [0, 0.1) is 0 Å². The summed E-state index contributed by atoms with van der Waals surface area (Å²) in [6.45, 7) is 0. The largest absolute Gasteiger partial charge is 0.309 e. The van der Waals surface area contributed by atoms with Gasteiger partial charge >= 0.3 is 0 Å². The van der Waals surface area contributed by atoms with E-state index < -0.39 is 0 Å². The van der Waals surface area contributed by atoms with Crippen molar-refractivity contribution >= 4 is 96.9 Å². The van der Waals surface area contributed by atoms with E-state index in [1.54, 1.807) is 0 Å². The zero-order chi connectivity index (χ0) is 45.9. The summed E-state index contributed by atoms with van der Waals surface area (Å²) < 4.78 is 10.0. The van der Waals surface area contributed by atoms with E-state index in [4.69, 9.17) is 0 Å². The van der Waals surface area contributed by atoms with Crippen molar-refractivity contribution in [2.45, 2.75) is 0 Å². The first-order chi connectivity index (χ1) is 34.7. The fourth-order valence-corrected chi connectivity index (χ4v) is 12.5. The molecule has 0 saturated carbocycles. The van der Waals surface area contributed by atoms with Crippen LogP contribution in [0.25, 0.3) is 136 Å². The van der Waals surface area contributed by atoms with E-state index in [1.165, 1.54) is 108 Å². The summed E-state index contributed by atoms with van der Waals surface area (Å²) in [7, 11) is 0. The summed E-state index contributed by atoms with van der Waals surface area (Å²) in [6, 6.07) is 92.0. The first kappa shape index (κ1) is 39.1. The molecule has 3 nitrogen and oxygen atoms in total. The van der Waals surface area contributed by atoms with Crippen LogP contribution < -0.4 is 0 Å². The van der Waals surface area contributed by atoms with E-state index >= 15 is 0 Å². The lowest BCUT2D eigenvalue weighted by atomic mass is 9.95. The molecule has 0 aliphatic rings. The summed E-state index contributed by atoms with van der Waals surface area (Å²) in [5.41, 5.74) is 17.6. The number of hydrogen-bond donors (Lipinski definition) is 0. The van der Waals surface area contributed by atoms with Gasteiger partial charge in [0.15, 0.2) is 0 Å². The third-order valence-electron chi connectivity index (χ3n) is 14.6. The Balaban J connectivity index is 0.975. The Bertz CT molecular complexity index is 4320. The van der Waals surface area contributed by atoms with Crippen LogP contribution in [0.15, 0.2) is 249 Å². The number of benzene rings is 11. The Kier molecular flexibility index (Phi) is 8.53. The monoisotopic (exact) mass is 907 g/mol. The minimum atomic E-state index is 1.11. The standard InChI is InChI=1S/C66H41N3S/c1-2-15-42(16-3-1)46-36-47(44-18-14-17-43(35-44)45-29-34-66-58(39-45)55-23-8-13-28-65(55)70-66)38-50(37-46)69-63-32-30-48(67-59-24-9-4-19-51(59)52-20-5-10-25-60(52)67)40-56(63)57-41-49(31-33-64(57)69)68-61-26-11-6-21-53(61)54-22-7-12-27-62(54)68/h1-41H. The molecule has 15 aromatic rings. The van der Waals surface area contributed by atoms with Crippen LogP contribution in [-0.4, -0.2) is 13.7 Å². The number of hydrogen-bond acceptors (Lipinski definition) is 1. The lowest BCUT2D eigenvalue weighted by molar-refractivity contribution is 1.16. The maximum absolute atomic E-state index is 2.49. The van der Waals surface area contributed by atoms with Crippen LogP contribution in [-0.2, 0) is 0 Å². The van der Waals surface area contributed by atoms with Gasteiger partial charge in [0.25, 0.3) is 0 Å². The van der Waals surface area contributed by atoms with Gasteiger partial charge in [-0.2, -0.15) is 0 Å². The summed E-state index contributed by atoms with van der Waals surface area (Å²) in [5, 5.41) is 10.0. The van der Waals surface area contributed by atoms with E-state index in [0.717, 1.165) is 28.1 Å². The molecule has 0 unspecified atom stereocenters. The van der Waals surface area contributed by atoms with Crippen molar-refractivity contribution in [3.8, 4) is 50.4 Å². The first-order valence-electron chi connectivity index (χ1n) is 24.0. The Hall–Kier alpha value is -8.96. The molecule has 0 bridgehead atoms. The van der Waals surface area contributed by atoms with Gasteiger partial charge in [0.2, 0.25) is 0 Å². The SMILES string of the molecule is c1ccc(-c2cc(-c3cccc(-c4ccc5sc6ccccc6c5c4)c3)cc(-n3c4ccc(-n5c6ccccc6c6ccccc65)cc4c4cc(-n5c6ccccc6c6ccccc65)ccc43)c2)cc1.